The summed E-state index contributed by atoms with van der Waals surface area (Å²) in [5.41, 5.74) is 0.729. The molecule has 1 heterocycles. The van der Waals surface area contributed by atoms with Crippen LogP contribution in [0.2, 0.25) is 0 Å². The van der Waals surface area contributed by atoms with Crippen molar-refractivity contribution in [1.82, 2.24) is 0 Å². The minimum absolute atomic E-state index is 0.729. The summed E-state index contributed by atoms with van der Waals surface area (Å²) < 4.78 is 6.26. The van der Waals surface area contributed by atoms with Crippen LogP contribution >= 0.6 is 15.9 Å². The lowest BCUT2D eigenvalue weighted by molar-refractivity contribution is 0.501. The Morgan fingerprint density at radius 1 is 1.60 bits per heavy atom. The molecular formula is C8H9BrO. The Bertz CT molecular complexity index is 335. The van der Waals surface area contributed by atoms with Crippen molar-refractivity contribution in [2.24, 2.45) is 0 Å². The van der Waals surface area contributed by atoms with Crippen molar-refractivity contribution in [1.29, 1.82) is 0 Å². The molecule has 2 heteroatoms. The average molecular weight is 201 g/mol. The Hall–Kier alpha value is -0.500. The van der Waals surface area contributed by atoms with Crippen LogP contribution in [0, 0.1) is 6.92 Å². The van der Waals surface area contributed by atoms with E-state index in [1.807, 2.05) is 19.9 Å². The van der Waals surface area contributed by atoms with Gasteiger partial charge in [0.1, 0.15) is 11.2 Å². The quantitative estimate of drug-likeness (QED) is 0.620. The number of halogens is 1. The Balaban J connectivity index is 3.66. The van der Waals surface area contributed by atoms with Gasteiger partial charge in [-0.05, 0) is 29.8 Å². The molecule has 0 radical (unpaired) electrons. The minimum Gasteiger partial charge on any atom is -0.461 e. The molecule has 10 heavy (non-hydrogen) atoms. The second-order valence-electron chi connectivity index (χ2n) is 2.10. The van der Waals surface area contributed by atoms with Crippen LogP contribution in [0.5, 0.6) is 0 Å². The van der Waals surface area contributed by atoms with Gasteiger partial charge < -0.3 is 4.42 Å². The summed E-state index contributed by atoms with van der Waals surface area (Å²) in [6.07, 6.45) is 1.98. The summed E-state index contributed by atoms with van der Waals surface area (Å²) in [5, 5.41) is 1.05. The normalized spacial score (nSPS) is 12.5. The van der Waals surface area contributed by atoms with Crippen LogP contribution in [0.25, 0.3) is 12.7 Å². The fourth-order valence-electron chi connectivity index (χ4n) is 0.884. The molecule has 0 N–H and O–H groups in total. The largest absolute Gasteiger partial charge is 0.461 e. The van der Waals surface area contributed by atoms with Crippen molar-refractivity contribution in [2.45, 2.75) is 13.8 Å². The van der Waals surface area contributed by atoms with Crippen LogP contribution in [0.3, 0.4) is 0 Å². The third-order valence-corrected chi connectivity index (χ3v) is 2.40. The van der Waals surface area contributed by atoms with Crippen molar-refractivity contribution in [3.63, 3.8) is 0 Å². The van der Waals surface area contributed by atoms with Gasteiger partial charge in [0.2, 0.25) is 0 Å². The van der Waals surface area contributed by atoms with E-state index < -0.39 is 0 Å². The number of hydrogen-bond acceptors (Lipinski definition) is 1. The monoisotopic (exact) mass is 200 g/mol. The molecule has 0 saturated heterocycles. The Morgan fingerprint density at radius 2 is 2.20 bits per heavy atom. The fourth-order valence-corrected chi connectivity index (χ4v) is 1.42. The molecule has 0 atom stereocenters. The first-order valence-corrected chi connectivity index (χ1v) is 3.86. The second-order valence-corrected chi connectivity index (χ2v) is 2.89. The summed E-state index contributed by atoms with van der Waals surface area (Å²) in [7, 11) is 0. The maximum Gasteiger partial charge on any atom is 0.127 e. The van der Waals surface area contributed by atoms with E-state index in [9.17, 15) is 0 Å². The number of furan rings is 1. The molecule has 0 unspecified atom stereocenters. The van der Waals surface area contributed by atoms with Gasteiger partial charge in [0, 0.05) is 5.22 Å². The molecule has 0 fully saturated rings. The van der Waals surface area contributed by atoms with Crippen molar-refractivity contribution in [2.75, 3.05) is 0 Å². The van der Waals surface area contributed by atoms with E-state index >= 15 is 0 Å². The lowest BCUT2D eigenvalue weighted by Gasteiger charge is -1.79. The van der Waals surface area contributed by atoms with Gasteiger partial charge in [0.15, 0.2) is 0 Å². The Kier molecular flexibility index (Phi) is 2.00. The predicted molar refractivity (Wildman–Crippen MR) is 46.1 cm³/mol. The molecule has 0 bridgehead atoms. The van der Waals surface area contributed by atoms with Gasteiger partial charge in [-0.2, -0.15) is 0 Å². The first kappa shape index (κ1) is 7.61. The lowest BCUT2D eigenvalue weighted by atomic mass is 10.4. The van der Waals surface area contributed by atoms with Crippen molar-refractivity contribution >= 4 is 28.6 Å². The summed E-state index contributed by atoms with van der Waals surface area (Å²) in [6.45, 7) is 7.62. The maximum atomic E-state index is 5.25. The molecule has 54 valence electrons. The van der Waals surface area contributed by atoms with Crippen molar-refractivity contribution in [3.05, 3.63) is 20.9 Å². The molecule has 1 aromatic rings. The molecule has 0 aliphatic carbocycles. The Morgan fingerprint density at radius 3 is 2.40 bits per heavy atom. The van der Waals surface area contributed by atoms with Crippen molar-refractivity contribution in [3.8, 4) is 0 Å². The minimum atomic E-state index is 0.729. The molecule has 1 aromatic heterocycles. The lowest BCUT2D eigenvalue weighted by Crippen LogP contribution is -2.17. The van der Waals surface area contributed by atoms with E-state index in [1.54, 1.807) is 0 Å². The fraction of sp³-hybridized carbons (Fsp3) is 0.250. The first-order valence-electron chi connectivity index (χ1n) is 3.07. The van der Waals surface area contributed by atoms with Gasteiger partial charge in [-0.25, -0.2) is 0 Å². The zero-order chi connectivity index (χ0) is 7.72. The van der Waals surface area contributed by atoms with Gasteiger partial charge in [-0.1, -0.05) is 12.7 Å². The van der Waals surface area contributed by atoms with Gasteiger partial charge >= 0.3 is 0 Å². The molecule has 0 aliphatic heterocycles. The molecule has 0 aromatic carbocycles. The molecular weight excluding hydrogens is 192 g/mol. The highest BCUT2D eigenvalue weighted by atomic mass is 79.9. The van der Waals surface area contributed by atoms with Crippen molar-refractivity contribution < 1.29 is 4.42 Å². The van der Waals surface area contributed by atoms with Crippen LogP contribution in [0.1, 0.15) is 12.7 Å². The summed E-state index contributed by atoms with van der Waals surface area (Å²) in [6, 6.07) is 0. The van der Waals surface area contributed by atoms with Crippen LogP contribution in [0.15, 0.2) is 8.89 Å². The highest BCUT2D eigenvalue weighted by Crippen LogP contribution is 2.07. The molecule has 1 rings (SSSR count). The highest BCUT2D eigenvalue weighted by Gasteiger charge is 2.00. The summed E-state index contributed by atoms with van der Waals surface area (Å²) in [4.78, 5) is 0. The SMILES string of the molecule is C=c1oc(C)c(Br)/c1=C/C. The van der Waals surface area contributed by atoms with Gasteiger partial charge in [-0.3, -0.25) is 0 Å². The van der Waals surface area contributed by atoms with E-state index in [4.69, 9.17) is 4.42 Å². The van der Waals surface area contributed by atoms with Crippen LogP contribution < -0.4 is 10.6 Å². The smallest absolute Gasteiger partial charge is 0.127 e. The number of aryl methyl sites for hydroxylation is 1. The third kappa shape index (κ3) is 1.03. The molecule has 0 aliphatic rings. The van der Waals surface area contributed by atoms with E-state index in [0.717, 1.165) is 20.9 Å². The molecule has 0 saturated carbocycles. The van der Waals surface area contributed by atoms with Crippen LogP contribution in [0.4, 0.5) is 0 Å². The average Bonchev–Trinajstić information content (AvgIpc) is 2.09. The highest BCUT2D eigenvalue weighted by molar-refractivity contribution is 9.10. The van der Waals surface area contributed by atoms with Gasteiger partial charge in [0.05, 0.1) is 4.47 Å². The first-order chi connectivity index (χ1) is 4.66. The van der Waals surface area contributed by atoms with Gasteiger partial charge in [0.25, 0.3) is 0 Å². The predicted octanol–water partition coefficient (Wildman–Crippen LogP) is 1.56. The van der Waals surface area contributed by atoms with E-state index in [2.05, 4.69) is 22.5 Å². The molecule has 0 spiro atoms. The summed E-state index contributed by atoms with van der Waals surface area (Å²) in [5.74, 6) is 0.887. The van der Waals surface area contributed by atoms with E-state index in [-0.39, 0.29) is 0 Å². The molecule has 1 nitrogen and oxygen atoms in total. The van der Waals surface area contributed by atoms with E-state index in [1.165, 1.54) is 0 Å². The maximum absolute atomic E-state index is 5.25. The third-order valence-electron chi connectivity index (χ3n) is 1.41. The topological polar surface area (TPSA) is 13.1 Å². The van der Waals surface area contributed by atoms with E-state index in [0.29, 0.717) is 0 Å². The standard InChI is InChI=1S/C8H9BrO/c1-4-7-5(2)10-6(3)8(7)9/h4H,2H2,1,3H3/b7-4+. The number of hydrogen-bond donors (Lipinski definition) is 0. The zero-order valence-corrected chi connectivity index (χ0v) is 7.66. The molecule has 0 amide bonds. The second kappa shape index (κ2) is 2.62. The number of rotatable bonds is 0. The van der Waals surface area contributed by atoms with Crippen LogP contribution in [-0.2, 0) is 0 Å². The van der Waals surface area contributed by atoms with Gasteiger partial charge in [-0.15, -0.1) is 0 Å². The van der Waals surface area contributed by atoms with Crippen LogP contribution in [-0.4, -0.2) is 0 Å². The summed E-state index contributed by atoms with van der Waals surface area (Å²) >= 11 is 3.40. The Labute approximate surface area is 68.2 Å². The zero-order valence-electron chi connectivity index (χ0n) is 6.07.